The number of hydrogen-bond donors (Lipinski definition) is 1. The Labute approximate surface area is 136 Å². The normalized spacial score (nSPS) is 14.2. The smallest absolute Gasteiger partial charge is 0.184 e. The molecule has 0 amide bonds. The number of hydrogen-bond acceptors (Lipinski definition) is 2. The predicted molar refractivity (Wildman–Crippen MR) is 85.5 cm³/mol. The van der Waals surface area contributed by atoms with E-state index in [0.717, 1.165) is 16.6 Å². The lowest BCUT2D eigenvalue weighted by Gasteiger charge is -2.10. The number of benzene rings is 2. The van der Waals surface area contributed by atoms with Crippen LogP contribution in [0.2, 0.25) is 5.02 Å². The standard InChI is InChI=1S/C16H14BrClFNO/c17-13-8-12(7-4-10(13)9-20-11-5-6-11)21-15-3-1-2-14(18)16(15)19/h1-4,7-8,11,20H,5-6,9H2. The molecule has 5 heteroatoms. The van der Waals surface area contributed by atoms with Crippen LogP contribution >= 0.6 is 27.5 Å². The van der Waals surface area contributed by atoms with Gasteiger partial charge in [0.15, 0.2) is 11.6 Å². The molecule has 1 saturated carbocycles. The Hall–Kier alpha value is -1.10. The van der Waals surface area contributed by atoms with Crippen molar-refractivity contribution in [3.63, 3.8) is 0 Å². The first kappa shape index (κ1) is 14.8. The highest BCUT2D eigenvalue weighted by atomic mass is 79.9. The highest BCUT2D eigenvalue weighted by Crippen LogP contribution is 2.31. The van der Waals surface area contributed by atoms with Crippen molar-refractivity contribution in [1.29, 1.82) is 0 Å². The van der Waals surface area contributed by atoms with Gasteiger partial charge in [-0.05, 0) is 42.7 Å². The molecule has 3 rings (SSSR count). The van der Waals surface area contributed by atoms with Gasteiger partial charge in [-0.3, -0.25) is 0 Å². The molecule has 0 heterocycles. The van der Waals surface area contributed by atoms with Crippen molar-refractivity contribution in [1.82, 2.24) is 5.32 Å². The van der Waals surface area contributed by atoms with E-state index in [1.807, 2.05) is 18.2 Å². The Kier molecular flexibility index (Phi) is 4.48. The van der Waals surface area contributed by atoms with Gasteiger partial charge >= 0.3 is 0 Å². The maximum atomic E-state index is 13.8. The zero-order valence-electron chi connectivity index (χ0n) is 11.2. The molecule has 0 spiro atoms. The quantitative estimate of drug-likeness (QED) is 0.772. The molecule has 0 radical (unpaired) electrons. The molecule has 2 aromatic rings. The summed E-state index contributed by atoms with van der Waals surface area (Å²) < 4.78 is 20.3. The summed E-state index contributed by atoms with van der Waals surface area (Å²) in [6.45, 7) is 0.817. The Morgan fingerprint density at radius 1 is 1.29 bits per heavy atom. The van der Waals surface area contributed by atoms with Crippen LogP contribution in [0.1, 0.15) is 18.4 Å². The lowest BCUT2D eigenvalue weighted by molar-refractivity contribution is 0.442. The van der Waals surface area contributed by atoms with Crippen LogP contribution in [0.5, 0.6) is 11.5 Å². The summed E-state index contributed by atoms with van der Waals surface area (Å²) in [6, 6.07) is 11.0. The molecule has 1 fully saturated rings. The molecule has 21 heavy (non-hydrogen) atoms. The lowest BCUT2D eigenvalue weighted by Crippen LogP contribution is -2.15. The second kappa shape index (κ2) is 6.34. The molecular formula is C16H14BrClFNO. The number of halogens is 3. The first-order valence-corrected chi connectivity index (χ1v) is 7.94. The van der Waals surface area contributed by atoms with Gasteiger partial charge in [-0.2, -0.15) is 0 Å². The van der Waals surface area contributed by atoms with Gasteiger partial charge in [-0.15, -0.1) is 0 Å². The summed E-state index contributed by atoms with van der Waals surface area (Å²) in [5, 5.41) is 3.50. The predicted octanol–water partition coefficient (Wildman–Crippen LogP) is 5.29. The summed E-state index contributed by atoms with van der Waals surface area (Å²) in [7, 11) is 0. The lowest BCUT2D eigenvalue weighted by atomic mass is 10.2. The molecule has 2 nitrogen and oxygen atoms in total. The third-order valence-corrected chi connectivity index (χ3v) is 4.36. The molecule has 0 unspecified atom stereocenters. The molecule has 1 N–H and O–H groups in total. The van der Waals surface area contributed by atoms with Gasteiger partial charge in [0.25, 0.3) is 0 Å². The molecule has 110 valence electrons. The number of rotatable bonds is 5. The molecule has 0 aliphatic heterocycles. The molecule has 0 bridgehead atoms. The minimum absolute atomic E-state index is 0.0526. The fourth-order valence-electron chi connectivity index (χ4n) is 1.97. The topological polar surface area (TPSA) is 21.3 Å². The van der Waals surface area contributed by atoms with Crippen LogP contribution in [-0.4, -0.2) is 6.04 Å². The van der Waals surface area contributed by atoms with Crippen LogP contribution < -0.4 is 10.1 Å². The molecule has 1 aliphatic rings. The zero-order chi connectivity index (χ0) is 14.8. The Bertz CT molecular complexity index is 661. The van der Waals surface area contributed by atoms with Crippen LogP contribution in [-0.2, 0) is 6.54 Å². The molecule has 0 saturated heterocycles. The highest BCUT2D eigenvalue weighted by molar-refractivity contribution is 9.10. The van der Waals surface area contributed by atoms with Crippen molar-refractivity contribution >= 4 is 27.5 Å². The second-order valence-electron chi connectivity index (χ2n) is 5.06. The van der Waals surface area contributed by atoms with Gasteiger partial charge in [0.05, 0.1) is 5.02 Å². The largest absolute Gasteiger partial charge is 0.454 e. The van der Waals surface area contributed by atoms with E-state index in [0.29, 0.717) is 11.8 Å². The van der Waals surface area contributed by atoms with Gasteiger partial charge in [-0.1, -0.05) is 39.7 Å². The zero-order valence-corrected chi connectivity index (χ0v) is 13.5. The molecule has 2 aromatic carbocycles. The SMILES string of the molecule is Fc1c(Cl)cccc1Oc1ccc(CNC2CC2)c(Br)c1. The van der Waals surface area contributed by atoms with Crippen LogP contribution in [0.3, 0.4) is 0 Å². The van der Waals surface area contributed by atoms with Crippen molar-refractivity contribution < 1.29 is 9.13 Å². The van der Waals surface area contributed by atoms with Crippen LogP contribution in [0.25, 0.3) is 0 Å². The Balaban J connectivity index is 1.73. The van der Waals surface area contributed by atoms with Crippen molar-refractivity contribution in [3.8, 4) is 11.5 Å². The minimum atomic E-state index is -0.547. The van der Waals surface area contributed by atoms with Crippen molar-refractivity contribution in [2.75, 3.05) is 0 Å². The average Bonchev–Trinajstić information content (AvgIpc) is 3.27. The minimum Gasteiger partial charge on any atom is -0.454 e. The van der Waals surface area contributed by atoms with E-state index in [4.69, 9.17) is 16.3 Å². The van der Waals surface area contributed by atoms with Crippen LogP contribution in [0.15, 0.2) is 40.9 Å². The summed E-state index contributed by atoms with van der Waals surface area (Å²) in [5.74, 6) is 0.145. The van der Waals surface area contributed by atoms with E-state index >= 15 is 0 Å². The van der Waals surface area contributed by atoms with E-state index in [9.17, 15) is 4.39 Å². The van der Waals surface area contributed by atoms with Crippen LogP contribution in [0.4, 0.5) is 4.39 Å². The van der Waals surface area contributed by atoms with Gasteiger partial charge in [0.2, 0.25) is 0 Å². The van der Waals surface area contributed by atoms with Crippen molar-refractivity contribution in [2.24, 2.45) is 0 Å². The van der Waals surface area contributed by atoms with Crippen molar-refractivity contribution in [3.05, 3.63) is 57.3 Å². The second-order valence-corrected chi connectivity index (χ2v) is 6.32. The Morgan fingerprint density at radius 3 is 2.81 bits per heavy atom. The van der Waals surface area contributed by atoms with E-state index in [1.54, 1.807) is 12.1 Å². The van der Waals surface area contributed by atoms with Gasteiger partial charge in [0, 0.05) is 17.1 Å². The summed E-state index contributed by atoms with van der Waals surface area (Å²) in [5.41, 5.74) is 1.15. The summed E-state index contributed by atoms with van der Waals surface area (Å²) in [6.07, 6.45) is 2.51. The summed E-state index contributed by atoms with van der Waals surface area (Å²) in [4.78, 5) is 0. The highest BCUT2D eigenvalue weighted by Gasteiger charge is 2.20. The molecule has 1 aliphatic carbocycles. The molecule has 0 atom stereocenters. The summed E-state index contributed by atoms with van der Waals surface area (Å²) >= 11 is 9.26. The third-order valence-electron chi connectivity index (χ3n) is 3.33. The Morgan fingerprint density at radius 2 is 2.10 bits per heavy atom. The fourth-order valence-corrected chi connectivity index (χ4v) is 2.63. The van der Waals surface area contributed by atoms with E-state index in [1.165, 1.54) is 18.9 Å². The van der Waals surface area contributed by atoms with E-state index < -0.39 is 5.82 Å². The fraction of sp³-hybridized carbons (Fsp3) is 0.250. The van der Waals surface area contributed by atoms with E-state index in [-0.39, 0.29) is 10.8 Å². The molecular weight excluding hydrogens is 357 g/mol. The van der Waals surface area contributed by atoms with Gasteiger partial charge in [0.1, 0.15) is 5.75 Å². The number of nitrogens with one attached hydrogen (secondary N) is 1. The van der Waals surface area contributed by atoms with Crippen molar-refractivity contribution in [2.45, 2.75) is 25.4 Å². The molecule has 0 aromatic heterocycles. The van der Waals surface area contributed by atoms with Crippen LogP contribution in [0, 0.1) is 5.82 Å². The van der Waals surface area contributed by atoms with Gasteiger partial charge in [-0.25, -0.2) is 4.39 Å². The van der Waals surface area contributed by atoms with E-state index in [2.05, 4.69) is 21.2 Å². The van der Waals surface area contributed by atoms with Gasteiger partial charge < -0.3 is 10.1 Å². The number of ether oxygens (including phenoxy) is 1. The first-order valence-electron chi connectivity index (χ1n) is 6.77. The first-order chi connectivity index (χ1) is 10.1. The third kappa shape index (κ3) is 3.76. The average molecular weight is 371 g/mol. The maximum absolute atomic E-state index is 13.8. The monoisotopic (exact) mass is 369 g/mol. The maximum Gasteiger partial charge on any atom is 0.184 e.